The van der Waals surface area contributed by atoms with Crippen LogP contribution in [0.5, 0.6) is 11.5 Å². The molecule has 2 aromatic carbocycles. The highest BCUT2D eigenvalue weighted by Crippen LogP contribution is 2.28. The van der Waals surface area contributed by atoms with Crippen molar-refractivity contribution in [3.8, 4) is 11.5 Å². The van der Waals surface area contributed by atoms with Gasteiger partial charge in [-0.25, -0.2) is 0 Å². The lowest BCUT2D eigenvalue weighted by atomic mass is 10.3. The Hall–Kier alpha value is -1.57. The fourth-order valence-electron chi connectivity index (χ4n) is 1.93. The standard InChI is InChI=1S/C18H19Br2NO4/c1-2-23-9-10-24-15-6-4-14(5-7-15)21-18(22)12-25-17-8-3-13(19)11-16(17)20/h3-8,11H,2,9-10,12H2,1H3,(H,21,22). The van der Waals surface area contributed by atoms with E-state index in [1.807, 2.05) is 19.1 Å². The first-order valence-electron chi connectivity index (χ1n) is 7.77. The molecule has 0 spiro atoms. The van der Waals surface area contributed by atoms with Crippen LogP contribution in [0, 0.1) is 0 Å². The van der Waals surface area contributed by atoms with E-state index in [2.05, 4.69) is 37.2 Å². The monoisotopic (exact) mass is 471 g/mol. The minimum Gasteiger partial charge on any atom is -0.491 e. The van der Waals surface area contributed by atoms with Crippen LogP contribution >= 0.6 is 31.9 Å². The van der Waals surface area contributed by atoms with Crippen LogP contribution in [0.4, 0.5) is 5.69 Å². The third-order valence-electron chi connectivity index (χ3n) is 3.09. The van der Waals surface area contributed by atoms with Crippen molar-refractivity contribution < 1.29 is 19.0 Å². The third-order valence-corrected chi connectivity index (χ3v) is 4.20. The number of nitrogens with one attached hydrogen (secondary N) is 1. The number of ether oxygens (including phenoxy) is 3. The van der Waals surface area contributed by atoms with E-state index in [1.165, 1.54) is 0 Å². The van der Waals surface area contributed by atoms with Crippen LogP contribution in [0.1, 0.15) is 6.92 Å². The quantitative estimate of drug-likeness (QED) is 0.540. The van der Waals surface area contributed by atoms with Gasteiger partial charge in [0.2, 0.25) is 0 Å². The van der Waals surface area contributed by atoms with Crippen molar-refractivity contribution >= 4 is 43.5 Å². The molecule has 0 aliphatic heterocycles. The number of carbonyl (C=O) groups is 1. The van der Waals surface area contributed by atoms with Gasteiger partial charge in [0, 0.05) is 16.8 Å². The number of hydrogen-bond donors (Lipinski definition) is 1. The van der Waals surface area contributed by atoms with Crippen molar-refractivity contribution in [1.29, 1.82) is 0 Å². The highest BCUT2D eigenvalue weighted by molar-refractivity contribution is 9.11. The zero-order chi connectivity index (χ0) is 18.1. The molecule has 0 heterocycles. The van der Waals surface area contributed by atoms with E-state index in [0.29, 0.717) is 31.3 Å². The van der Waals surface area contributed by atoms with E-state index in [1.54, 1.807) is 30.3 Å². The SMILES string of the molecule is CCOCCOc1ccc(NC(=O)COc2ccc(Br)cc2Br)cc1. The molecule has 0 saturated heterocycles. The van der Waals surface area contributed by atoms with Gasteiger partial charge in [0.05, 0.1) is 11.1 Å². The van der Waals surface area contributed by atoms with Crippen LogP contribution in [0.3, 0.4) is 0 Å². The molecule has 5 nitrogen and oxygen atoms in total. The summed E-state index contributed by atoms with van der Waals surface area (Å²) in [4.78, 5) is 12.0. The maximum Gasteiger partial charge on any atom is 0.262 e. The van der Waals surface area contributed by atoms with Gasteiger partial charge in [-0.3, -0.25) is 4.79 Å². The number of rotatable bonds is 9. The van der Waals surface area contributed by atoms with E-state index in [0.717, 1.165) is 14.7 Å². The lowest BCUT2D eigenvalue weighted by Gasteiger charge is -2.10. The molecule has 0 aliphatic carbocycles. The lowest BCUT2D eigenvalue weighted by molar-refractivity contribution is -0.118. The maximum absolute atomic E-state index is 12.0. The molecule has 0 atom stereocenters. The molecule has 0 unspecified atom stereocenters. The summed E-state index contributed by atoms with van der Waals surface area (Å²) in [6, 6.07) is 12.7. The first kappa shape index (κ1) is 19.8. The summed E-state index contributed by atoms with van der Waals surface area (Å²) in [6.45, 7) is 3.59. The molecule has 2 rings (SSSR count). The fourth-order valence-corrected chi connectivity index (χ4v) is 3.09. The molecule has 0 bridgehead atoms. The molecule has 1 N–H and O–H groups in total. The van der Waals surface area contributed by atoms with Crippen molar-refractivity contribution in [3.05, 3.63) is 51.4 Å². The largest absolute Gasteiger partial charge is 0.491 e. The van der Waals surface area contributed by atoms with Crippen LogP contribution < -0.4 is 14.8 Å². The summed E-state index contributed by atoms with van der Waals surface area (Å²) in [5, 5.41) is 2.78. The zero-order valence-electron chi connectivity index (χ0n) is 13.8. The number of carbonyl (C=O) groups excluding carboxylic acids is 1. The summed E-state index contributed by atoms with van der Waals surface area (Å²) in [7, 11) is 0. The van der Waals surface area contributed by atoms with Gasteiger partial charge in [-0.1, -0.05) is 15.9 Å². The number of hydrogen-bond acceptors (Lipinski definition) is 4. The van der Waals surface area contributed by atoms with Gasteiger partial charge in [0.1, 0.15) is 18.1 Å². The van der Waals surface area contributed by atoms with Gasteiger partial charge in [-0.15, -0.1) is 0 Å². The van der Waals surface area contributed by atoms with E-state index in [9.17, 15) is 4.79 Å². The van der Waals surface area contributed by atoms with Crippen molar-refractivity contribution in [3.63, 3.8) is 0 Å². The number of benzene rings is 2. The number of anilines is 1. The maximum atomic E-state index is 12.0. The molecule has 134 valence electrons. The molecule has 1 amide bonds. The highest BCUT2D eigenvalue weighted by Gasteiger charge is 2.07. The van der Waals surface area contributed by atoms with Crippen LogP contribution in [0.2, 0.25) is 0 Å². The molecule has 25 heavy (non-hydrogen) atoms. The Morgan fingerprint density at radius 1 is 1.04 bits per heavy atom. The summed E-state index contributed by atoms with van der Waals surface area (Å²) in [5.41, 5.74) is 0.681. The molecular weight excluding hydrogens is 454 g/mol. The highest BCUT2D eigenvalue weighted by atomic mass is 79.9. The Labute approximate surface area is 163 Å². The van der Waals surface area contributed by atoms with Crippen LogP contribution in [0.15, 0.2) is 51.4 Å². The van der Waals surface area contributed by atoms with E-state index in [4.69, 9.17) is 14.2 Å². The molecule has 2 aromatic rings. The normalized spacial score (nSPS) is 10.4. The summed E-state index contributed by atoms with van der Waals surface area (Å²) in [5.74, 6) is 1.10. The number of amides is 1. The van der Waals surface area contributed by atoms with E-state index in [-0.39, 0.29) is 12.5 Å². The minimum absolute atomic E-state index is 0.0765. The van der Waals surface area contributed by atoms with Crippen LogP contribution in [-0.4, -0.2) is 32.3 Å². The van der Waals surface area contributed by atoms with Crippen LogP contribution in [0.25, 0.3) is 0 Å². The average molecular weight is 473 g/mol. The zero-order valence-corrected chi connectivity index (χ0v) is 16.9. The topological polar surface area (TPSA) is 56.8 Å². The Morgan fingerprint density at radius 2 is 1.80 bits per heavy atom. The second-order valence-corrected chi connectivity index (χ2v) is 6.75. The molecule has 7 heteroatoms. The minimum atomic E-state index is -0.236. The summed E-state index contributed by atoms with van der Waals surface area (Å²) in [6.07, 6.45) is 0. The molecule has 0 aromatic heterocycles. The van der Waals surface area contributed by atoms with Crippen molar-refractivity contribution in [2.45, 2.75) is 6.92 Å². The Kier molecular flexibility index (Phi) is 8.24. The van der Waals surface area contributed by atoms with Crippen molar-refractivity contribution in [1.82, 2.24) is 0 Å². The van der Waals surface area contributed by atoms with E-state index >= 15 is 0 Å². The molecule has 0 radical (unpaired) electrons. The van der Waals surface area contributed by atoms with Crippen molar-refractivity contribution in [2.75, 3.05) is 31.7 Å². The predicted octanol–water partition coefficient (Wildman–Crippen LogP) is 4.64. The Balaban J connectivity index is 1.78. The molecular formula is C18H19Br2NO4. The molecule has 0 saturated carbocycles. The van der Waals surface area contributed by atoms with Gasteiger partial charge in [-0.05, 0) is 65.3 Å². The smallest absolute Gasteiger partial charge is 0.262 e. The average Bonchev–Trinajstić information content (AvgIpc) is 2.59. The Morgan fingerprint density at radius 3 is 2.48 bits per heavy atom. The van der Waals surface area contributed by atoms with Gasteiger partial charge in [0.25, 0.3) is 5.91 Å². The third kappa shape index (κ3) is 7.05. The first-order valence-corrected chi connectivity index (χ1v) is 9.35. The summed E-state index contributed by atoms with van der Waals surface area (Å²) < 4.78 is 18.0. The first-order chi connectivity index (χ1) is 12.1. The molecule has 0 fully saturated rings. The lowest BCUT2D eigenvalue weighted by Crippen LogP contribution is -2.20. The summed E-state index contributed by atoms with van der Waals surface area (Å²) >= 11 is 6.76. The van der Waals surface area contributed by atoms with Crippen molar-refractivity contribution in [2.24, 2.45) is 0 Å². The second-order valence-electron chi connectivity index (χ2n) is 4.98. The van der Waals surface area contributed by atoms with Gasteiger partial charge < -0.3 is 19.5 Å². The van der Waals surface area contributed by atoms with Gasteiger partial charge >= 0.3 is 0 Å². The fraction of sp³-hybridized carbons (Fsp3) is 0.278. The van der Waals surface area contributed by atoms with Gasteiger partial charge in [-0.2, -0.15) is 0 Å². The second kappa shape index (κ2) is 10.4. The van der Waals surface area contributed by atoms with Gasteiger partial charge in [0.15, 0.2) is 6.61 Å². The van der Waals surface area contributed by atoms with E-state index < -0.39 is 0 Å². The molecule has 0 aliphatic rings. The number of halogens is 2. The predicted molar refractivity (Wildman–Crippen MR) is 104 cm³/mol. The Bertz CT molecular complexity index is 692. The van der Waals surface area contributed by atoms with Crippen LogP contribution in [-0.2, 0) is 9.53 Å².